The van der Waals surface area contributed by atoms with Crippen LogP contribution < -0.4 is 10.1 Å². The lowest BCUT2D eigenvalue weighted by atomic mass is 10.0. The zero-order chi connectivity index (χ0) is 18.4. The van der Waals surface area contributed by atoms with E-state index in [0.29, 0.717) is 16.5 Å². The average molecular weight is 383 g/mol. The largest absolute Gasteiger partial charge is 0.486 e. The van der Waals surface area contributed by atoms with Crippen LogP contribution in [0.1, 0.15) is 24.5 Å². The summed E-state index contributed by atoms with van der Waals surface area (Å²) >= 11 is 7.20. The highest BCUT2D eigenvalue weighted by molar-refractivity contribution is 7.09. The number of thiazole rings is 1. The lowest BCUT2D eigenvalue weighted by Gasteiger charge is -2.17. The lowest BCUT2D eigenvalue weighted by molar-refractivity contribution is -0.143. The van der Waals surface area contributed by atoms with Gasteiger partial charge in [0.15, 0.2) is 0 Å². The van der Waals surface area contributed by atoms with Crippen LogP contribution in [-0.2, 0) is 22.6 Å². The number of aliphatic carboxylic acids is 1. The number of benzene rings is 1. The molecular formula is C17H19ClN2O4S. The molecule has 1 atom stereocenters. The number of ether oxygens (including phenoxy) is 1. The molecule has 0 saturated heterocycles. The zero-order valence-corrected chi connectivity index (χ0v) is 15.4. The standard InChI is InChI=1S/C17H19ClN2O4S/c1-10(2)16(17(22)23)20-14(21)7-12-9-25-15(19-12)8-24-13-5-3-11(18)4-6-13/h3-6,9-10,16H,7-8H2,1-2H3,(H,20,21)(H,22,23). The van der Waals surface area contributed by atoms with Crippen molar-refractivity contribution < 1.29 is 19.4 Å². The van der Waals surface area contributed by atoms with Crippen LogP contribution in [0.2, 0.25) is 5.02 Å². The highest BCUT2D eigenvalue weighted by atomic mass is 35.5. The number of nitrogens with zero attached hydrogens (tertiary/aromatic N) is 1. The summed E-state index contributed by atoms with van der Waals surface area (Å²) in [4.78, 5) is 27.5. The number of aromatic nitrogens is 1. The number of halogens is 1. The summed E-state index contributed by atoms with van der Waals surface area (Å²) in [6.07, 6.45) is 0.0357. The predicted molar refractivity (Wildman–Crippen MR) is 96.0 cm³/mol. The minimum absolute atomic E-state index is 0.0357. The highest BCUT2D eigenvalue weighted by Gasteiger charge is 2.23. The van der Waals surface area contributed by atoms with Gasteiger partial charge >= 0.3 is 5.97 Å². The zero-order valence-electron chi connectivity index (χ0n) is 13.9. The molecule has 1 heterocycles. The quantitative estimate of drug-likeness (QED) is 0.732. The average Bonchev–Trinajstić information content (AvgIpc) is 2.99. The van der Waals surface area contributed by atoms with Gasteiger partial charge in [0.2, 0.25) is 5.91 Å². The van der Waals surface area contributed by atoms with E-state index in [1.165, 1.54) is 11.3 Å². The Labute approximate surface area is 154 Å². The van der Waals surface area contributed by atoms with Gasteiger partial charge in [-0.15, -0.1) is 11.3 Å². The first-order chi connectivity index (χ1) is 11.8. The molecule has 2 N–H and O–H groups in total. The molecule has 134 valence electrons. The van der Waals surface area contributed by atoms with Crippen molar-refractivity contribution >= 4 is 34.8 Å². The van der Waals surface area contributed by atoms with E-state index in [0.717, 1.165) is 5.01 Å². The summed E-state index contributed by atoms with van der Waals surface area (Å²) < 4.78 is 5.60. The third kappa shape index (κ3) is 6.03. The van der Waals surface area contributed by atoms with Gasteiger partial charge in [0.25, 0.3) is 0 Å². The summed E-state index contributed by atoms with van der Waals surface area (Å²) in [6.45, 7) is 3.78. The van der Waals surface area contributed by atoms with Crippen LogP contribution in [0.4, 0.5) is 0 Å². The van der Waals surface area contributed by atoms with Crippen LogP contribution in [0.5, 0.6) is 5.75 Å². The van der Waals surface area contributed by atoms with Gasteiger partial charge in [-0.1, -0.05) is 25.4 Å². The van der Waals surface area contributed by atoms with Gasteiger partial charge in [0, 0.05) is 10.4 Å². The van der Waals surface area contributed by atoms with Crippen molar-refractivity contribution in [1.82, 2.24) is 10.3 Å². The molecule has 8 heteroatoms. The van der Waals surface area contributed by atoms with Gasteiger partial charge in [-0.25, -0.2) is 9.78 Å². The molecule has 1 unspecified atom stereocenters. The SMILES string of the molecule is CC(C)C(NC(=O)Cc1csc(COc2ccc(Cl)cc2)n1)C(=O)O. The second-order valence-corrected chi connectivity index (χ2v) is 7.16. The van der Waals surface area contributed by atoms with Crippen molar-refractivity contribution in [3.8, 4) is 5.75 Å². The Balaban J connectivity index is 1.87. The number of carbonyl (C=O) groups is 2. The van der Waals surface area contributed by atoms with Crippen molar-refractivity contribution in [1.29, 1.82) is 0 Å². The molecule has 2 rings (SSSR count). The van der Waals surface area contributed by atoms with Crippen molar-refractivity contribution in [2.24, 2.45) is 5.92 Å². The van der Waals surface area contributed by atoms with Gasteiger partial charge in [-0.3, -0.25) is 4.79 Å². The van der Waals surface area contributed by atoms with E-state index in [4.69, 9.17) is 21.4 Å². The Morgan fingerprint density at radius 3 is 2.60 bits per heavy atom. The van der Waals surface area contributed by atoms with Gasteiger partial charge in [-0.05, 0) is 30.2 Å². The number of carbonyl (C=O) groups excluding carboxylic acids is 1. The Morgan fingerprint density at radius 1 is 1.32 bits per heavy atom. The molecule has 0 radical (unpaired) electrons. The number of rotatable bonds is 8. The first-order valence-corrected chi connectivity index (χ1v) is 8.94. The van der Waals surface area contributed by atoms with E-state index in [9.17, 15) is 9.59 Å². The molecule has 0 aliphatic rings. The predicted octanol–water partition coefficient (Wildman–Crippen LogP) is 3.14. The summed E-state index contributed by atoms with van der Waals surface area (Å²) in [5.74, 6) is -0.921. The third-order valence-corrected chi connectivity index (χ3v) is 4.49. The van der Waals surface area contributed by atoms with Crippen LogP contribution >= 0.6 is 22.9 Å². The van der Waals surface area contributed by atoms with E-state index in [1.807, 2.05) is 0 Å². The normalized spacial score (nSPS) is 12.0. The molecule has 1 amide bonds. The van der Waals surface area contributed by atoms with E-state index in [2.05, 4.69) is 10.3 Å². The van der Waals surface area contributed by atoms with Crippen LogP contribution in [0, 0.1) is 5.92 Å². The number of carboxylic acids is 1. The van der Waals surface area contributed by atoms with Gasteiger partial charge < -0.3 is 15.2 Å². The van der Waals surface area contributed by atoms with Crippen LogP contribution in [-0.4, -0.2) is 28.0 Å². The molecule has 1 aromatic carbocycles. The van der Waals surface area contributed by atoms with Gasteiger partial charge in [0.1, 0.15) is 23.4 Å². The molecule has 0 spiro atoms. The first kappa shape index (κ1) is 19.2. The van der Waals surface area contributed by atoms with E-state index in [1.54, 1.807) is 43.5 Å². The fourth-order valence-electron chi connectivity index (χ4n) is 2.07. The number of amides is 1. The molecule has 0 aliphatic heterocycles. The van der Waals surface area contributed by atoms with E-state index in [-0.39, 0.29) is 24.9 Å². The fourth-order valence-corrected chi connectivity index (χ4v) is 2.91. The minimum atomic E-state index is -1.04. The Hall–Kier alpha value is -2.12. The maximum atomic E-state index is 12.0. The topological polar surface area (TPSA) is 88.5 Å². The first-order valence-electron chi connectivity index (χ1n) is 7.69. The van der Waals surface area contributed by atoms with Crippen molar-refractivity contribution in [2.75, 3.05) is 0 Å². The summed E-state index contributed by atoms with van der Waals surface area (Å²) in [5.41, 5.74) is 0.588. The van der Waals surface area contributed by atoms with Gasteiger partial charge in [-0.2, -0.15) is 0 Å². The summed E-state index contributed by atoms with van der Waals surface area (Å²) in [6, 6.07) is 6.10. The highest BCUT2D eigenvalue weighted by Crippen LogP contribution is 2.18. The minimum Gasteiger partial charge on any atom is -0.486 e. The maximum absolute atomic E-state index is 12.0. The Morgan fingerprint density at radius 2 is 2.00 bits per heavy atom. The Kier molecular flexibility index (Phi) is 6.78. The maximum Gasteiger partial charge on any atom is 0.326 e. The molecule has 1 aromatic heterocycles. The molecule has 2 aromatic rings. The summed E-state index contributed by atoms with van der Waals surface area (Å²) in [7, 11) is 0. The van der Waals surface area contributed by atoms with Crippen LogP contribution in [0.15, 0.2) is 29.6 Å². The van der Waals surface area contributed by atoms with E-state index < -0.39 is 12.0 Å². The smallest absolute Gasteiger partial charge is 0.326 e. The molecule has 25 heavy (non-hydrogen) atoms. The summed E-state index contributed by atoms with van der Waals surface area (Å²) in [5, 5.41) is 14.8. The molecular weight excluding hydrogens is 364 g/mol. The van der Waals surface area contributed by atoms with Crippen LogP contribution in [0.25, 0.3) is 0 Å². The second-order valence-electron chi connectivity index (χ2n) is 5.78. The number of hydrogen-bond acceptors (Lipinski definition) is 5. The molecule has 0 aliphatic carbocycles. The monoisotopic (exact) mass is 382 g/mol. The number of carboxylic acid groups (broad SMARTS) is 1. The van der Waals surface area contributed by atoms with E-state index >= 15 is 0 Å². The molecule has 0 bridgehead atoms. The molecule has 0 saturated carbocycles. The van der Waals surface area contributed by atoms with Crippen LogP contribution in [0.3, 0.4) is 0 Å². The molecule has 6 nitrogen and oxygen atoms in total. The number of hydrogen-bond donors (Lipinski definition) is 2. The van der Waals surface area contributed by atoms with Crippen molar-refractivity contribution in [3.05, 3.63) is 45.4 Å². The third-order valence-electron chi connectivity index (χ3n) is 3.37. The van der Waals surface area contributed by atoms with Gasteiger partial charge in [0.05, 0.1) is 12.1 Å². The number of nitrogens with one attached hydrogen (secondary N) is 1. The van der Waals surface area contributed by atoms with Crippen molar-refractivity contribution in [3.63, 3.8) is 0 Å². The fraction of sp³-hybridized carbons (Fsp3) is 0.353. The van der Waals surface area contributed by atoms with Crippen molar-refractivity contribution in [2.45, 2.75) is 32.9 Å². The molecule has 0 fully saturated rings. The second kappa shape index (κ2) is 8.82. The lowest BCUT2D eigenvalue weighted by Crippen LogP contribution is -2.44. The Bertz CT molecular complexity index is 731.